The van der Waals surface area contributed by atoms with Gasteiger partial charge in [-0.15, -0.1) is 0 Å². The molecule has 0 spiro atoms. The molecule has 5 nitrogen and oxygen atoms in total. The molecule has 2 N–H and O–H groups in total. The predicted molar refractivity (Wildman–Crippen MR) is 58.4 cm³/mol. The van der Waals surface area contributed by atoms with Gasteiger partial charge in [0.2, 0.25) is 0 Å². The summed E-state index contributed by atoms with van der Waals surface area (Å²) < 4.78 is 27.4. The number of hydrogen-bond donors (Lipinski definition) is 2. The maximum Gasteiger partial charge on any atom is 0.308 e. The standard InChI is InChI=1S/C10H14O5S/c1-2-16(13,14)15-10-5-3-4-8(6-11)9(10)7-12/h3-5,11-12H,2,6-7H2,1H3. The molecule has 0 aliphatic rings. The van der Waals surface area contributed by atoms with Gasteiger partial charge in [-0.05, 0) is 18.6 Å². The van der Waals surface area contributed by atoms with E-state index >= 15 is 0 Å². The first kappa shape index (κ1) is 13.0. The Hall–Kier alpha value is -1.11. The minimum atomic E-state index is -3.62. The van der Waals surface area contributed by atoms with Gasteiger partial charge in [0.25, 0.3) is 0 Å². The highest BCUT2D eigenvalue weighted by molar-refractivity contribution is 7.87. The van der Waals surface area contributed by atoms with Crippen LogP contribution in [-0.4, -0.2) is 24.4 Å². The Balaban J connectivity index is 3.14. The van der Waals surface area contributed by atoms with Crippen LogP contribution in [0.3, 0.4) is 0 Å². The second kappa shape index (κ2) is 5.29. The van der Waals surface area contributed by atoms with Crippen LogP contribution >= 0.6 is 0 Å². The molecule has 0 aliphatic carbocycles. The molecule has 0 atom stereocenters. The van der Waals surface area contributed by atoms with Gasteiger partial charge in [-0.25, -0.2) is 0 Å². The maximum atomic E-state index is 11.3. The van der Waals surface area contributed by atoms with Crippen molar-refractivity contribution >= 4 is 10.1 Å². The van der Waals surface area contributed by atoms with Crippen molar-refractivity contribution in [3.05, 3.63) is 29.3 Å². The van der Waals surface area contributed by atoms with Gasteiger partial charge < -0.3 is 14.4 Å². The third-order valence-electron chi connectivity index (χ3n) is 2.13. The van der Waals surface area contributed by atoms with Crippen molar-refractivity contribution in [1.29, 1.82) is 0 Å². The zero-order chi connectivity index (χ0) is 12.2. The summed E-state index contributed by atoms with van der Waals surface area (Å²) in [5.74, 6) is -0.0859. The molecule has 0 radical (unpaired) electrons. The minimum absolute atomic E-state index is 0.0656. The van der Waals surface area contributed by atoms with Crippen LogP contribution in [0.15, 0.2) is 18.2 Å². The highest BCUT2D eigenvalue weighted by atomic mass is 32.2. The molecule has 0 unspecified atom stereocenters. The van der Waals surface area contributed by atoms with Gasteiger partial charge in [-0.1, -0.05) is 12.1 Å². The van der Waals surface area contributed by atoms with Crippen LogP contribution in [0.2, 0.25) is 0 Å². The fourth-order valence-electron chi connectivity index (χ4n) is 1.21. The van der Waals surface area contributed by atoms with Gasteiger partial charge in [0.05, 0.1) is 19.0 Å². The molecule has 90 valence electrons. The zero-order valence-electron chi connectivity index (χ0n) is 8.88. The number of hydrogen-bond acceptors (Lipinski definition) is 5. The van der Waals surface area contributed by atoms with Gasteiger partial charge in [0.1, 0.15) is 5.75 Å². The summed E-state index contributed by atoms with van der Waals surface area (Å²) in [5, 5.41) is 18.1. The Bertz CT molecular complexity index is 452. The molecule has 16 heavy (non-hydrogen) atoms. The third-order valence-corrected chi connectivity index (χ3v) is 3.27. The Morgan fingerprint density at radius 1 is 1.25 bits per heavy atom. The van der Waals surface area contributed by atoms with Crippen molar-refractivity contribution in [2.45, 2.75) is 20.1 Å². The highest BCUT2D eigenvalue weighted by Crippen LogP contribution is 2.24. The number of aliphatic hydroxyl groups excluding tert-OH is 2. The van der Waals surface area contributed by atoms with Gasteiger partial charge >= 0.3 is 10.1 Å². The smallest absolute Gasteiger partial charge is 0.308 e. The maximum absolute atomic E-state index is 11.3. The summed E-state index contributed by atoms with van der Waals surface area (Å²) >= 11 is 0. The first-order chi connectivity index (χ1) is 7.54. The van der Waals surface area contributed by atoms with E-state index in [-0.39, 0.29) is 24.7 Å². The summed E-state index contributed by atoms with van der Waals surface area (Å²) in [7, 11) is -3.62. The summed E-state index contributed by atoms with van der Waals surface area (Å²) in [4.78, 5) is 0. The predicted octanol–water partition coefficient (Wildman–Crippen LogP) is 0.400. The molecule has 0 aliphatic heterocycles. The largest absolute Gasteiger partial charge is 0.392 e. The summed E-state index contributed by atoms with van der Waals surface area (Å²) in [5.41, 5.74) is 0.744. The highest BCUT2D eigenvalue weighted by Gasteiger charge is 2.14. The van der Waals surface area contributed by atoms with Crippen LogP contribution in [0.5, 0.6) is 5.75 Å². The van der Waals surface area contributed by atoms with Crippen molar-refractivity contribution < 1.29 is 22.8 Å². The SMILES string of the molecule is CCS(=O)(=O)Oc1cccc(CO)c1CO. The van der Waals surface area contributed by atoms with Crippen molar-refractivity contribution in [3.8, 4) is 5.75 Å². The fraction of sp³-hybridized carbons (Fsp3) is 0.400. The average Bonchev–Trinajstić information content (AvgIpc) is 2.28. The number of benzene rings is 1. The van der Waals surface area contributed by atoms with E-state index in [2.05, 4.69) is 0 Å². The summed E-state index contributed by atoms with van der Waals surface area (Å²) in [6.45, 7) is 0.800. The van der Waals surface area contributed by atoms with Crippen LogP contribution in [0.4, 0.5) is 0 Å². The molecule has 0 bridgehead atoms. The normalized spacial score (nSPS) is 11.4. The molecular formula is C10H14O5S. The van der Waals surface area contributed by atoms with E-state index < -0.39 is 10.1 Å². The molecule has 6 heteroatoms. The van der Waals surface area contributed by atoms with Crippen LogP contribution < -0.4 is 4.18 Å². The molecule has 0 saturated carbocycles. The van der Waals surface area contributed by atoms with E-state index in [1.54, 1.807) is 12.1 Å². The van der Waals surface area contributed by atoms with Gasteiger partial charge in [-0.3, -0.25) is 0 Å². The zero-order valence-corrected chi connectivity index (χ0v) is 9.70. The monoisotopic (exact) mass is 246 g/mol. The molecule has 0 aromatic heterocycles. The Labute approximate surface area is 94.4 Å². The molecule has 0 fully saturated rings. The lowest BCUT2D eigenvalue weighted by molar-refractivity contribution is 0.257. The van der Waals surface area contributed by atoms with Gasteiger partial charge in [-0.2, -0.15) is 8.42 Å². The van der Waals surface area contributed by atoms with Crippen molar-refractivity contribution in [2.75, 3.05) is 5.75 Å². The van der Waals surface area contributed by atoms with Crippen LogP contribution in [0, 0.1) is 0 Å². The van der Waals surface area contributed by atoms with Gasteiger partial charge in [0.15, 0.2) is 0 Å². The summed E-state index contributed by atoms with van der Waals surface area (Å²) in [6, 6.07) is 4.60. The van der Waals surface area contributed by atoms with E-state index in [0.717, 1.165) is 0 Å². The van der Waals surface area contributed by atoms with Gasteiger partial charge in [0, 0.05) is 5.56 Å². The van der Waals surface area contributed by atoms with E-state index in [4.69, 9.17) is 14.4 Å². The van der Waals surface area contributed by atoms with E-state index in [0.29, 0.717) is 11.1 Å². The van der Waals surface area contributed by atoms with Crippen LogP contribution in [-0.2, 0) is 23.3 Å². The molecule has 0 amide bonds. The average molecular weight is 246 g/mol. The van der Waals surface area contributed by atoms with Crippen LogP contribution in [0.25, 0.3) is 0 Å². The fourth-order valence-corrected chi connectivity index (χ4v) is 1.76. The van der Waals surface area contributed by atoms with E-state index in [9.17, 15) is 8.42 Å². The third kappa shape index (κ3) is 2.94. The Kier molecular flexibility index (Phi) is 4.28. The second-order valence-electron chi connectivity index (χ2n) is 3.14. The number of rotatable bonds is 5. The molecule has 0 saturated heterocycles. The first-order valence-corrected chi connectivity index (χ1v) is 6.36. The van der Waals surface area contributed by atoms with Crippen molar-refractivity contribution in [3.63, 3.8) is 0 Å². The van der Waals surface area contributed by atoms with Crippen molar-refractivity contribution in [2.24, 2.45) is 0 Å². The quantitative estimate of drug-likeness (QED) is 0.735. The molecule has 1 aromatic carbocycles. The lowest BCUT2D eigenvalue weighted by atomic mass is 10.1. The lowest BCUT2D eigenvalue weighted by Crippen LogP contribution is -2.13. The van der Waals surface area contributed by atoms with Crippen LogP contribution in [0.1, 0.15) is 18.1 Å². The molecule has 1 aromatic rings. The van der Waals surface area contributed by atoms with Crippen molar-refractivity contribution in [1.82, 2.24) is 0 Å². The Morgan fingerprint density at radius 2 is 1.94 bits per heavy atom. The molecule has 0 heterocycles. The molecular weight excluding hydrogens is 232 g/mol. The molecule has 1 rings (SSSR count). The topological polar surface area (TPSA) is 83.8 Å². The van der Waals surface area contributed by atoms with E-state index in [1.807, 2.05) is 0 Å². The first-order valence-electron chi connectivity index (χ1n) is 4.78. The minimum Gasteiger partial charge on any atom is -0.392 e. The second-order valence-corrected chi connectivity index (χ2v) is 5.00. The van der Waals surface area contributed by atoms with E-state index in [1.165, 1.54) is 13.0 Å². The summed E-state index contributed by atoms with van der Waals surface area (Å²) in [6.07, 6.45) is 0. The Morgan fingerprint density at radius 3 is 2.44 bits per heavy atom. The lowest BCUT2D eigenvalue weighted by Gasteiger charge is -2.11. The number of aliphatic hydroxyl groups is 2.